The lowest BCUT2D eigenvalue weighted by Gasteiger charge is -2.35. The highest BCUT2D eigenvalue weighted by molar-refractivity contribution is 6.28. The predicted molar refractivity (Wildman–Crippen MR) is 106 cm³/mol. The largest absolute Gasteiger partial charge is 0.464 e. The summed E-state index contributed by atoms with van der Waals surface area (Å²) in [6.45, 7) is 10.3. The van der Waals surface area contributed by atoms with E-state index in [1.165, 1.54) is 6.08 Å². The van der Waals surface area contributed by atoms with Crippen molar-refractivity contribution < 1.29 is 23.9 Å². The highest BCUT2D eigenvalue weighted by atomic mass is 16.3. The number of ketones is 2. The number of nitrogens with one attached hydrogen (secondary N) is 1. The first kappa shape index (κ1) is 21.2. The van der Waals surface area contributed by atoms with E-state index in [1.54, 1.807) is 34.6 Å². The number of hydrogen-bond acceptors (Lipinski definition) is 6. The molecule has 0 spiro atoms. The van der Waals surface area contributed by atoms with Gasteiger partial charge in [-0.1, -0.05) is 27.2 Å². The van der Waals surface area contributed by atoms with Gasteiger partial charge in [-0.05, 0) is 39.2 Å². The van der Waals surface area contributed by atoms with Crippen molar-refractivity contribution in [3.05, 3.63) is 38.4 Å². The van der Waals surface area contributed by atoms with Gasteiger partial charge in [-0.25, -0.2) is 0 Å². The second-order valence-electron chi connectivity index (χ2n) is 8.34. The Kier molecular flexibility index (Phi) is 4.94. The summed E-state index contributed by atoms with van der Waals surface area (Å²) in [7, 11) is 0. The van der Waals surface area contributed by atoms with Gasteiger partial charge in [0.1, 0.15) is 11.5 Å². The first-order valence-electron chi connectivity index (χ1n) is 9.94. The summed E-state index contributed by atoms with van der Waals surface area (Å²) in [4.78, 5) is 52.2. The molecule has 7 nitrogen and oxygen atoms in total. The predicted octanol–water partition coefficient (Wildman–Crippen LogP) is 1.74. The minimum absolute atomic E-state index is 0.105. The van der Waals surface area contributed by atoms with Gasteiger partial charge in [-0.2, -0.15) is 0 Å². The zero-order valence-corrected chi connectivity index (χ0v) is 17.6. The monoisotopic (exact) mass is 401 g/mol. The fourth-order valence-electron chi connectivity index (χ4n) is 4.03. The average molecular weight is 401 g/mol. The number of fused-ring (bicyclic) bond motifs is 1. The summed E-state index contributed by atoms with van der Waals surface area (Å²) >= 11 is 0. The van der Waals surface area contributed by atoms with E-state index in [9.17, 15) is 24.3 Å². The zero-order chi connectivity index (χ0) is 21.9. The second kappa shape index (κ2) is 6.76. The van der Waals surface area contributed by atoms with Crippen LogP contribution in [0.5, 0.6) is 0 Å². The second-order valence-corrected chi connectivity index (χ2v) is 8.34. The molecule has 0 aromatic carbocycles. The van der Waals surface area contributed by atoms with Crippen molar-refractivity contribution in [3.8, 4) is 0 Å². The topological polar surface area (TPSA) is 114 Å². The molecule has 4 atom stereocenters. The molecule has 29 heavy (non-hydrogen) atoms. The quantitative estimate of drug-likeness (QED) is 0.743. The third-order valence-electron chi connectivity index (χ3n) is 6.71. The maximum atomic E-state index is 13.5. The molecule has 1 saturated heterocycles. The van der Waals surface area contributed by atoms with Gasteiger partial charge in [0, 0.05) is 11.1 Å². The highest BCUT2D eigenvalue weighted by Gasteiger charge is 2.61. The number of carbonyl (C=O) groups is 3. The van der Waals surface area contributed by atoms with Gasteiger partial charge in [-0.3, -0.25) is 19.2 Å². The number of aliphatic hydroxyl groups is 1. The SMILES string of the molecule is CCC(C)C1NC(=O)C(O)(C2=Cc3c(oc(C)c(C)c3=O)[C@@](C)(CC)C2=O)C1=O. The summed E-state index contributed by atoms with van der Waals surface area (Å²) in [5.41, 5.74) is -4.13. The Hall–Kier alpha value is -2.54. The molecule has 1 aliphatic carbocycles. The van der Waals surface area contributed by atoms with Gasteiger partial charge in [0.15, 0.2) is 11.2 Å². The Morgan fingerprint density at radius 3 is 2.38 bits per heavy atom. The molecular weight excluding hydrogens is 374 g/mol. The van der Waals surface area contributed by atoms with Gasteiger partial charge < -0.3 is 14.8 Å². The van der Waals surface area contributed by atoms with Crippen LogP contribution in [0.3, 0.4) is 0 Å². The van der Waals surface area contributed by atoms with Crippen molar-refractivity contribution in [1.82, 2.24) is 5.32 Å². The number of carbonyl (C=O) groups excluding carboxylic acids is 3. The van der Waals surface area contributed by atoms with E-state index >= 15 is 0 Å². The first-order valence-corrected chi connectivity index (χ1v) is 9.94. The summed E-state index contributed by atoms with van der Waals surface area (Å²) in [6.07, 6.45) is 2.05. The number of rotatable bonds is 4. The van der Waals surface area contributed by atoms with Crippen LogP contribution >= 0.6 is 0 Å². The van der Waals surface area contributed by atoms with E-state index in [1.807, 2.05) is 6.92 Å². The molecule has 1 aromatic rings. The molecule has 7 heteroatoms. The third kappa shape index (κ3) is 2.67. The van der Waals surface area contributed by atoms with E-state index in [0.29, 0.717) is 17.7 Å². The van der Waals surface area contributed by atoms with Gasteiger partial charge in [-0.15, -0.1) is 0 Å². The standard InChI is InChI=1S/C22H27NO6/c1-7-10(3)15-18(26)22(28,20(27)23-15)14-9-13-16(24)11(4)12(5)29-19(13)21(6,8-2)17(14)25/h9-10,15,28H,7-8H2,1-6H3,(H,23,27)/t10?,15?,21-,22?/m0/s1. The highest BCUT2D eigenvalue weighted by Crippen LogP contribution is 2.43. The Bertz CT molecular complexity index is 1020. The van der Waals surface area contributed by atoms with Crippen molar-refractivity contribution in [2.45, 2.75) is 71.4 Å². The summed E-state index contributed by atoms with van der Waals surface area (Å²) in [5.74, 6) is -1.87. The zero-order valence-electron chi connectivity index (χ0n) is 17.6. The van der Waals surface area contributed by atoms with Gasteiger partial charge in [0.25, 0.3) is 5.91 Å². The molecule has 0 saturated carbocycles. The smallest absolute Gasteiger partial charge is 0.265 e. The van der Waals surface area contributed by atoms with E-state index < -0.39 is 34.5 Å². The van der Waals surface area contributed by atoms with Crippen LogP contribution in [0.2, 0.25) is 0 Å². The average Bonchev–Trinajstić information content (AvgIpc) is 2.93. The molecule has 0 radical (unpaired) electrons. The fraction of sp³-hybridized carbons (Fsp3) is 0.545. The number of amides is 1. The van der Waals surface area contributed by atoms with Gasteiger partial charge >= 0.3 is 0 Å². The lowest BCUT2D eigenvalue weighted by atomic mass is 9.67. The molecule has 2 aliphatic rings. The molecular formula is C22H27NO6. The van der Waals surface area contributed by atoms with E-state index in [4.69, 9.17) is 4.42 Å². The first-order chi connectivity index (χ1) is 13.4. The third-order valence-corrected chi connectivity index (χ3v) is 6.71. The van der Waals surface area contributed by atoms with Crippen molar-refractivity contribution in [1.29, 1.82) is 0 Å². The van der Waals surface area contributed by atoms with Crippen molar-refractivity contribution >= 4 is 23.5 Å². The molecule has 2 N–H and O–H groups in total. The molecule has 2 heterocycles. The number of aryl methyl sites for hydroxylation is 1. The maximum absolute atomic E-state index is 13.5. The maximum Gasteiger partial charge on any atom is 0.265 e. The minimum atomic E-state index is -2.62. The van der Waals surface area contributed by atoms with Crippen LogP contribution in [0.15, 0.2) is 14.8 Å². The van der Waals surface area contributed by atoms with Crippen molar-refractivity contribution in [2.75, 3.05) is 0 Å². The van der Waals surface area contributed by atoms with Crippen LogP contribution in [0, 0.1) is 19.8 Å². The van der Waals surface area contributed by atoms with E-state index in [2.05, 4.69) is 5.32 Å². The molecule has 3 unspecified atom stereocenters. The summed E-state index contributed by atoms with van der Waals surface area (Å²) in [5, 5.41) is 13.8. The lowest BCUT2D eigenvalue weighted by Crippen LogP contribution is -2.52. The molecule has 0 bridgehead atoms. The Balaban J connectivity index is 2.29. The summed E-state index contributed by atoms with van der Waals surface area (Å²) in [6, 6.07) is -0.892. The van der Waals surface area contributed by atoms with Gasteiger partial charge in [0.05, 0.1) is 17.0 Å². The molecule has 3 rings (SSSR count). The van der Waals surface area contributed by atoms with Crippen molar-refractivity contribution in [2.24, 2.45) is 5.92 Å². The van der Waals surface area contributed by atoms with E-state index in [-0.39, 0.29) is 34.7 Å². The molecule has 156 valence electrons. The Labute approximate surface area is 169 Å². The molecule has 1 aliphatic heterocycles. The van der Waals surface area contributed by atoms with Crippen LogP contribution in [-0.4, -0.2) is 34.2 Å². The number of hydrogen-bond donors (Lipinski definition) is 2. The van der Waals surface area contributed by atoms with Crippen LogP contribution < -0.4 is 10.7 Å². The van der Waals surface area contributed by atoms with Crippen LogP contribution in [0.25, 0.3) is 6.08 Å². The van der Waals surface area contributed by atoms with Crippen LogP contribution in [0.1, 0.15) is 63.2 Å². The van der Waals surface area contributed by atoms with Crippen molar-refractivity contribution in [3.63, 3.8) is 0 Å². The Morgan fingerprint density at radius 2 is 1.83 bits per heavy atom. The number of Topliss-reactive ketones (excluding diaryl/α,β-unsaturated/α-hetero) is 2. The molecule has 1 amide bonds. The summed E-state index contributed by atoms with van der Waals surface area (Å²) < 4.78 is 5.83. The van der Waals surface area contributed by atoms with Crippen LogP contribution in [-0.2, 0) is 19.8 Å². The molecule has 1 aromatic heterocycles. The Morgan fingerprint density at radius 1 is 1.21 bits per heavy atom. The fourth-order valence-corrected chi connectivity index (χ4v) is 4.03. The van der Waals surface area contributed by atoms with Crippen LogP contribution in [0.4, 0.5) is 0 Å². The normalized spacial score (nSPS) is 30.1. The lowest BCUT2D eigenvalue weighted by molar-refractivity contribution is -0.144. The molecule has 1 fully saturated rings. The van der Waals surface area contributed by atoms with Gasteiger partial charge in [0.2, 0.25) is 11.4 Å². The minimum Gasteiger partial charge on any atom is -0.464 e. The van der Waals surface area contributed by atoms with E-state index in [0.717, 1.165) is 0 Å².